The Balaban J connectivity index is 1.47. The van der Waals surface area contributed by atoms with Gasteiger partial charge in [-0.25, -0.2) is 13.8 Å². The minimum atomic E-state index is -1.04. The predicted octanol–water partition coefficient (Wildman–Crippen LogP) is 1.21. The summed E-state index contributed by atoms with van der Waals surface area (Å²) < 4.78 is 29.8. The number of unbranched alkanes of at least 4 members (excludes halogenated alkanes) is 1. The van der Waals surface area contributed by atoms with Crippen LogP contribution in [0.15, 0.2) is 30.6 Å². The molecule has 2 aromatic rings. The van der Waals surface area contributed by atoms with E-state index in [1.54, 1.807) is 11.1 Å². The van der Waals surface area contributed by atoms with Crippen LogP contribution < -0.4 is 10.6 Å². The molecule has 2 fully saturated rings. The Kier molecular flexibility index (Phi) is 9.45. The van der Waals surface area contributed by atoms with Crippen LogP contribution in [0, 0.1) is 17.6 Å². The summed E-state index contributed by atoms with van der Waals surface area (Å²) in [5.74, 6) is -1.45. The first-order valence-electron chi connectivity index (χ1n) is 13.4. The third-order valence-corrected chi connectivity index (χ3v) is 7.47. The highest BCUT2D eigenvalue weighted by atomic mass is 19.1. The van der Waals surface area contributed by atoms with Crippen molar-refractivity contribution in [3.63, 3.8) is 0 Å². The Morgan fingerprint density at radius 2 is 2.03 bits per heavy atom. The van der Waals surface area contributed by atoms with Crippen LogP contribution in [0.25, 0.3) is 0 Å². The van der Waals surface area contributed by atoms with Gasteiger partial charge in [-0.05, 0) is 30.5 Å². The number of amides is 2. The normalized spacial score (nSPS) is 22.0. The first-order valence-corrected chi connectivity index (χ1v) is 13.4. The maximum atomic E-state index is 13.9. The lowest BCUT2D eigenvalue weighted by atomic mass is 9.94. The molecule has 0 spiro atoms. The number of imidazole rings is 1. The van der Waals surface area contributed by atoms with E-state index in [1.165, 1.54) is 12.1 Å². The SMILES string of the molecule is CCCCN1CC(C(=O)N[C@@H](Cc2cc(F)cc(F)c2)[C@H](O)[C@H]2CN(Cc3nccn3C)CCN2)CC1=O. The van der Waals surface area contributed by atoms with E-state index >= 15 is 0 Å². The lowest BCUT2D eigenvalue weighted by Gasteiger charge is -2.38. The molecule has 208 valence electrons. The van der Waals surface area contributed by atoms with Crippen molar-refractivity contribution >= 4 is 11.8 Å². The minimum Gasteiger partial charge on any atom is -0.389 e. The second kappa shape index (κ2) is 12.8. The molecular weight excluding hydrogens is 494 g/mol. The van der Waals surface area contributed by atoms with Crippen LogP contribution in [0.3, 0.4) is 0 Å². The van der Waals surface area contributed by atoms with Gasteiger partial charge >= 0.3 is 0 Å². The number of aromatic nitrogens is 2. The van der Waals surface area contributed by atoms with Crippen molar-refractivity contribution in [1.82, 2.24) is 30.0 Å². The second-order valence-electron chi connectivity index (χ2n) is 10.4. The maximum absolute atomic E-state index is 13.9. The summed E-state index contributed by atoms with van der Waals surface area (Å²) in [5, 5.41) is 17.7. The zero-order chi connectivity index (χ0) is 27.2. The van der Waals surface area contributed by atoms with Crippen LogP contribution in [-0.4, -0.2) is 87.2 Å². The second-order valence-corrected chi connectivity index (χ2v) is 10.4. The molecule has 9 nitrogen and oxygen atoms in total. The van der Waals surface area contributed by atoms with Gasteiger partial charge in [-0.1, -0.05) is 13.3 Å². The fraction of sp³-hybridized carbons (Fsp3) is 0.593. The molecule has 0 radical (unpaired) electrons. The minimum absolute atomic E-state index is 0.0410. The monoisotopic (exact) mass is 532 g/mol. The van der Waals surface area contributed by atoms with Gasteiger partial charge in [0, 0.05) is 70.7 Å². The van der Waals surface area contributed by atoms with E-state index in [-0.39, 0.29) is 30.7 Å². The number of aliphatic hydroxyl groups is 1. The summed E-state index contributed by atoms with van der Waals surface area (Å²) in [6.45, 7) is 5.50. The van der Waals surface area contributed by atoms with Crippen molar-refractivity contribution < 1.29 is 23.5 Å². The Morgan fingerprint density at radius 3 is 2.71 bits per heavy atom. The third kappa shape index (κ3) is 7.15. The third-order valence-electron chi connectivity index (χ3n) is 7.47. The molecule has 4 atom stereocenters. The molecule has 1 unspecified atom stereocenters. The largest absolute Gasteiger partial charge is 0.389 e. The van der Waals surface area contributed by atoms with Gasteiger partial charge in [0.1, 0.15) is 17.5 Å². The van der Waals surface area contributed by atoms with Gasteiger partial charge < -0.3 is 25.2 Å². The lowest BCUT2D eigenvalue weighted by Crippen LogP contribution is -2.61. The van der Waals surface area contributed by atoms with Crippen LogP contribution in [0.2, 0.25) is 0 Å². The topological polar surface area (TPSA) is 103 Å². The number of nitrogens with zero attached hydrogens (tertiary/aromatic N) is 4. The number of carbonyl (C=O) groups excluding carboxylic acids is 2. The van der Waals surface area contributed by atoms with Crippen LogP contribution in [-0.2, 0) is 29.6 Å². The van der Waals surface area contributed by atoms with Gasteiger partial charge in [-0.3, -0.25) is 14.5 Å². The van der Waals surface area contributed by atoms with Crippen molar-refractivity contribution in [3.8, 4) is 0 Å². The molecular formula is C27H38F2N6O3. The highest BCUT2D eigenvalue weighted by Crippen LogP contribution is 2.21. The zero-order valence-corrected chi connectivity index (χ0v) is 22.1. The van der Waals surface area contributed by atoms with E-state index < -0.39 is 29.7 Å². The van der Waals surface area contributed by atoms with E-state index in [0.29, 0.717) is 38.3 Å². The first kappa shape index (κ1) is 28.1. The highest BCUT2D eigenvalue weighted by Gasteiger charge is 2.37. The summed E-state index contributed by atoms with van der Waals surface area (Å²) in [4.78, 5) is 33.9. The number of aliphatic hydroxyl groups excluding tert-OH is 1. The van der Waals surface area contributed by atoms with Gasteiger partial charge in [-0.2, -0.15) is 0 Å². The van der Waals surface area contributed by atoms with Crippen molar-refractivity contribution in [2.75, 3.05) is 32.7 Å². The fourth-order valence-corrected chi connectivity index (χ4v) is 5.30. The number of piperazine rings is 1. The van der Waals surface area contributed by atoms with Crippen molar-refractivity contribution in [1.29, 1.82) is 0 Å². The molecule has 1 aromatic heterocycles. The molecule has 38 heavy (non-hydrogen) atoms. The van der Waals surface area contributed by atoms with E-state index in [0.717, 1.165) is 31.3 Å². The summed E-state index contributed by atoms with van der Waals surface area (Å²) in [7, 11) is 1.93. The van der Waals surface area contributed by atoms with Gasteiger partial charge in [0.15, 0.2) is 0 Å². The fourth-order valence-electron chi connectivity index (χ4n) is 5.30. The number of benzene rings is 1. The first-order chi connectivity index (χ1) is 18.2. The van der Waals surface area contributed by atoms with E-state index in [2.05, 4.69) is 20.5 Å². The van der Waals surface area contributed by atoms with Gasteiger partial charge in [0.05, 0.1) is 24.6 Å². The molecule has 0 bridgehead atoms. The molecule has 0 saturated carbocycles. The number of rotatable bonds is 11. The van der Waals surface area contributed by atoms with E-state index in [9.17, 15) is 23.5 Å². The molecule has 4 rings (SSSR count). The average molecular weight is 533 g/mol. The molecule has 2 aliphatic heterocycles. The van der Waals surface area contributed by atoms with E-state index in [4.69, 9.17) is 0 Å². The molecule has 2 amide bonds. The highest BCUT2D eigenvalue weighted by molar-refractivity contribution is 5.89. The Bertz CT molecular complexity index is 1090. The lowest BCUT2D eigenvalue weighted by molar-refractivity contribution is -0.129. The number of likely N-dealkylation sites (tertiary alicyclic amines) is 1. The number of aryl methyl sites for hydroxylation is 1. The number of hydrogen-bond acceptors (Lipinski definition) is 6. The molecule has 1 aromatic carbocycles. The number of carbonyl (C=O) groups is 2. The molecule has 3 heterocycles. The number of halogens is 2. The molecule has 3 N–H and O–H groups in total. The Hall–Kier alpha value is -2.89. The van der Waals surface area contributed by atoms with Crippen LogP contribution in [0.4, 0.5) is 8.78 Å². The smallest absolute Gasteiger partial charge is 0.225 e. The van der Waals surface area contributed by atoms with Gasteiger partial charge in [-0.15, -0.1) is 0 Å². The molecule has 0 aliphatic carbocycles. The summed E-state index contributed by atoms with van der Waals surface area (Å²) in [6.07, 6.45) is 4.56. The van der Waals surface area contributed by atoms with Crippen molar-refractivity contribution in [2.45, 2.75) is 57.3 Å². The predicted molar refractivity (Wildman–Crippen MR) is 138 cm³/mol. The number of hydrogen-bond donors (Lipinski definition) is 3. The molecule has 2 aliphatic rings. The van der Waals surface area contributed by atoms with Crippen LogP contribution in [0.1, 0.15) is 37.6 Å². The van der Waals surface area contributed by atoms with Crippen LogP contribution in [0.5, 0.6) is 0 Å². The molecule has 11 heteroatoms. The van der Waals surface area contributed by atoms with Crippen molar-refractivity contribution in [2.24, 2.45) is 13.0 Å². The average Bonchev–Trinajstić information content (AvgIpc) is 3.46. The van der Waals surface area contributed by atoms with Gasteiger partial charge in [0.25, 0.3) is 0 Å². The molecule has 2 saturated heterocycles. The Morgan fingerprint density at radius 1 is 1.26 bits per heavy atom. The standard InChI is InChI=1S/C27H38F2N6O3/c1-3-4-7-35-15-19(13-25(35)36)27(38)32-22(12-18-10-20(28)14-21(29)11-18)26(37)23-16-34(9-6-30-23)17-24-31-5-8-33(24)2/h5,8,10-11,14,19,22-23,26,30,37H,3-4,6-7,9,12-13,15-17H2,1-2H3,(H,32,38)/t19?,22-,23+,26-/m0/s1. The summed E-state index contributed by atoms with van der Waals surface area (Å²) in [6, 6.07) is 2.01. The van der Waals surface area contributed by atoms with E-state index in [1.807, 2.05) is 24.7 Å². The van der Waals surface area contributed by atoms with Gasteiger partial charge in [0.2, 0.25) is 11.8 Å². The number of nitrogens with one attached hydrogen (secondary N) is 2. The quantitative estimate of drug-likeness (QED) is 0.402. The zero-order valence-electron chi connectivity index (χ0n) is 22.1. The maximum Gasteiger partial charge on any atom is 0.225 e. The van der Waals surface area contributed by atoms with Crippen LogP contribution >= 0.6 is 0 Å². The summed E-state index contributed by atoms with van der Waals surface area (Å²) >= 11 is 0. The summed E-state index contributed by atoms with van der Waals surface area (Å²) in [5.41, 5.74) is 0.333. The Labute approximate surface area is 222 Å². The van der Waals surface area contributed by atoms with Crippen molar-refractivity contribution in [3.05, 3.63) is 53.6 Å².